The Morgan fingerprint density at radius 3 is 2.67 bits per heavy atom. The largest absolute Gasteiger partial charge is 0.472 e. The van der Waals surface area contributed by atoms with Gasteiger partial charge in [0.15, 0.2) is 0 Å². The minimum atomic E-state index is -1.12. The van der Waals surface area contributed by atoms with Crippen LogP contribution < -0.4 is 10.1 Å². The first-order valence-electron chi connectivity index (χ1n) is 7.14. The van der Waals surface area contributed by atoms with Gasteiger partial charge in [-0.15, -0.1) is 5.10 Å². The van der Waals surface area contributed by atoms with Crippen LogP contribution in [0.1, 0.15) is 5.56 Å². The van der Waals surface area contributed by atoms with Gasteiger partial charge in [-0.3, -0.25) is 5.32 Å². The molecule has 0 saturated heterocycles. The van der Waals surface area contributed by atoms with Gasteiger partial charge in [0.2, 0.25) is 5.88 Å². The Hall–Kier alpha value is -2.99. The van der Waals surface area contributed by atoms with Crippen molar-refractivity contribution in [3.8, 4) is 11.6 Å². The van der Waals surface area contributed by atoms with Crippen molar-refractivity contribution in [1.82, 2.24) is 9.78 Å². The third-order valence-corrected chi connectivity index (χ3v) is 3.54. The molecule has 3 aromatic rings. The van der Waals surface area contributed by atoms with Gasteiger partial charge in [-0.25, -0.2) is 9.48 Å². The molecular formula is C17H14ClN3O3. The van der Waals surface area contributed by atoms with E-state index in [9.17, 15) is 4.79 Å². The molecule has 122 valence electrons. The first-order valence-corrected chi connectivity index (χ1v) is 7.52. The number of amides is 1. The number of carbonyl (C=O) groups is 1. The third-order valence-electron chi connectivity index (χ3n) is 3.29. The second-order valence-electron chi connectivity index (χ2n) is 4.95. The Bertz CT molecular complexity index is 846. The zero-order chi connectivity index (χ0) is 16.9. The number of ether oxygens (including phenoxy) is 1. The predicted molar refractivity (Wildman–Crippen MR) is 91.0 cm³/mol. The summed E-state index contributed by atoms with van der Waals surface area (Å²) < 4.78 is 7.32. The van der Waals surface area contributed by atoms with Crippen molar-refractivity contribution in [3.05, 3.63) is 71.4 Å². The van der Waals surface area contributed by atoms with Crippen molar-refractivity contribution in [2.45, 2.75) is 6.61 Å². The fraction of sp³-hybridized carbons (Fsp3) is 0.0588. The van der Waals surface area contributed by atoms with Crippen molar-refractivity contribution in [1.29, 1.82) is 0 Å². The smallest absolute Gasteiger partial charge is 0.409 e. The Morgan fingerprint density at radius 1 is 1.17 bits per heavy atom. The molecular weight excluding hydrogens is 330 g/mol. The molecule has 24 heavy (non-hydrogen) atoms. The lowest BCUT2D eigenvalue weighted by Crippen LogP contribution is -2.10. The first kappa shape index (κ1) is 15.9. The second kappa shape index (κ2) is 7.06. The number of para-hydroxylation sites is 1. The number of aromatic nitrogens is 2. The molecule has 2 N–H and O–H groups in total. The van der Waals surface area contributed by atoms with E-state index in [0.717, 1.165) is 11.3 Å². The highest BCUT2D eigenvalue weighted by molar-refractivity contribution is 6.30. The van der Waals surface area contributed by atoms with E-state index in [4.69, 9.17) is 21.4 Å². The van der Waals surface area contributed by atoms with E-state index in [-0.39, 0.29) is 6.61 Å². The highest BCUT2D eigenvalue weighted by atomic mass is 35.5. The molecule has 0 saturated carbocycles. The summed E-state index contributed by atoms with van der Waals surface area (Å²) in [7, 11) is 0. The maximum atomic E-state index is 10.8. The number of nitrogens with zero attached hydrogens (tertiary/aromatic N) is 2. The minimum absolute atomic E-state index is 0.202. The zero-order valence-electron chi connectivity index (χ0n) is 12.5. The molecule has 0 bridgehead atoms. The Balaban J connectivity index is 1.70. The minimum Gasteiger partial charge on any atom is -0.472 e. The molecule has 1 amide bonds. The average molecular weight is 344 g/mol. The van der Waals surface area contributed by atoms with Gasteiger partial charge in [0.05, 0.1) is 11.4 Å². The topological polar surface area (TPSA) is 76.4 Å². The van der Waals surface area contributed by atoms with Crippen molar-refractivity contribution in [2.24, 2.45) is 0 Å². The monoisotopic (exact) mass is 343 g/mol. The summed E-state index contributed by atoms with van der Waals surface area (Å²) in [5.74, 6) is 0.440. The lowest BCUT2D eigenvalue weighted by molar-refractivity contribution is 0.209. The quantitative estimate of drug-likeness (QED) is 0.728. The van der Waals surface area contributed by atoms with Crippen molar-refractivity contribution in [3.63, 3.8) is 0 Å². The van der Waals surface area contributed by atoms with E-state index in [1.54, 1.807) is 47.3 Å². The van der Waals surface area contributed by atoms with E-state index in [1.165, 1.54) is 0 Å². The van der Waals surface area contributed by atoms with Gasteiger partial charge in [-0.1, -0.05) is 29.8 Å². The van der Waals surface area contributed by atoms with E-state index in [2.05, 4.69) is 10.4 Å². The van der Waals surface area contributed by atoms with Crippen LogP contribution in [0.25, 0.3) is 5.69 Å². The Labute approximate surface area is 143 Å². The number of benzene rings is 2. The Kier molecular flexibility index (Phi) is 4.67. The molecule has 0 radical (unpaired) electrons. The molecule has 0 aliphatic heterocycles. The lowest BCUT2D eigenvalue weighted by Gasteiger charge is -2.09. The molecule has 1 heterocycles. The van der Waals surface area contributed by atoms with Crippen LogP contribution in [0.3, 0.4) is 0 Å². The van der Waals surface area contributed by atoms with E-state index < -0.39 is 6.09 Å². The van der Waals surface area contributed by atoms with Gasteiger partial charge < -0.3 is 9.84 Å². The van der Waals surface area contributed by atoms with Gasteiger partial charge in [-0.2, -0.15) is 0 Å². The van der Waals surface area contributed by atoms with Gasteiger partial charge >= 0.3 is 6.09 Å². The maximum absolute atomic E-state index is 10.8. The normalized spacial score (nSPS) is 10.4. The van der Waals surface area contributed by atoms with Crippen LogP contribution in [0.15, 0.2) is 60.8 Å². The van der Waals surface area contributed by atoms with Crippen LogP contribution in [0, 0.1) is 0 Å². The number of hydrogen-bond donors (Lipinski definition) is 2. The molecule has 0 atom stereocenters. The number of carboxylic acid groups (broad SMARTS) is 1. The van der Waals surface area contributed by atoms with Crippen LogP contribution in [0.5, 0.6) is 5.88 Å². The summed E-state index contributed by atoms with van der Waals surface area (Å²) in [6, 6.07) is 16.1. The molecule has 0 fully saturated rings. The summed E-state index contributed by atoms with van der Waals surface area (Å²) in [6.45, 7) is 0.202. The van der Waals surface area contributed by atoms with Gasteiger partial charge in [0, 0.05) is 22.8 Å². The number of halogens is 1. The van der Waals surface area contributed by atoms with Gasteiger partial charge in [0.1, 0.15) is 6.61 Å². The molecule has 0 aliphatic carbocycles. The summed E-state index contributed by atoms with van der Waals surface area (Å²) in [4.78, 5) is 10.8. The van der Waals surface area contributed by atoms with Crippen LogP contribution in [-0.4, -0.2) is 21.0 Å². The molecule has 1 aromatic heterocycles. The first-order chi connectivity index (χ1) is 11.6. The van der Waals surface area contributed by atoms with E-state index >= 15 is 0 Å². The Morgan fingerprint density at radius 2 is 1.92 bits per heavy atom. The molecule has 0 spiro atoms. The second-order valence-corrected chi connectivity index (χ2v) is 5.39. The van der Waals surface area contributed by atoms with Crippen LogP contribution in [0.4, 0.5) is 10.5 Å². The average Bonchev–Trinajstić information content (AvgIpc) is 3.03. The van der Waals surface area contributed by atoms with Crippen molar-refractivity contribution < 1.29 is 14.6 Å². The highest BCUT2D eigenvalue weighted by Gasteiger charge is 2.07. The molecule has 0 aliphatic rings. The highest BCUT2D eigenvalue weighted by Crippen LogP contribution is 2.19. The van der Waals surface area contributed by atoms with Crippen molar-refractivity contribution >= 4 is 23.4 Å². The number of anilines is 1. The predicted octanol–water partition coefficient (Wildman–Crippen LogP) is 4.19. The van der Waals surface area contributed by atoms with Crippen LogP contribution >= 0.6 is 11.6 Å². The van der Waals surface area contributed by atoms with Gasteiger partial charge in [0.25, 0.3) is 0 Å². The van der Waals surface area contributed by atoms with Crippen LogP contribution in [0.2, 0.25) is 5.02 Å². The summed E-state index contributed by atoms with van der Waals surface area (Å²) in [6.07, 6.45) is 0.662. The molecule has 3 rings (SSSR count). The number of rotatable bonds is 5. The lowest BCUT2D eigenvalue weighted by atomic mass is 10.2. The fourth-order valence-corrected chi connectivity index (χ4v) is 2.28. The molecule has 2 aromatic carbocycles. The van der Waals surface area contributed by atoms with E-state index in [1.807, 2.05) is 18.2 Å². The molecule has 6 nitrogen and oxygen atoms in total. The molecule has 7 heteroatoms. The summed E-state index contributed by atoms with van der Waals surface area (Å²) >= 11 is 5.87. The number of hydrogen-bond acceptors (Lipinski definition) is 3. The maximum Gasteiger partial charge on any atom is 0.409 e. The third kappa shape index (κ3) is 3.85. The fourth-order valence-electron chi connectivity index (χ4n) is 2.16. The van der Waals surface area contributed by atoms with Crippen molar-refractivity contribution in [2.75, 3.05) is 5.32 Å². The SMILES string of the molecule is O=C(O)Nc1ccccc1COc1ccn(-c2ccc(Cl)cc2)n1. The molecule has 0 unspecified atom stereocenters. The van der Waals surface area contributed by atoms with Crippen LogP contribution in [-0.2, 0) is 6.61 Å². The summed E-state index contributed by atoms with van der Waals surface area (Å²) in [5.41, 5.74) is 2.07. The number of nitrogens with one attached hydrogen (secondary N) is 1. The van der Waals surface area contributed by atoms with Gasteiger partial charge in [-0.05, 0) is 30.3 Å². The standard InChI is InChI=1S/C17H14ClN3O3/c18-13-5-7-14(8-6-13)21-10-9-16(20-21)24-11-12-3-1-2-4-15(12)19-17(22)23/h1-10,19H,11H2,(H,22,23). The zero-order valence-corrected chi connectivity index (χ0v) is 13.3. The van der Waals surface area contributed by atoms with E-state index in [0.29, 0.717) is 16.6 Å². The summed E-state index contributed by atoms with van der Waals surface area (Å²) in [5, 5.41) is 16.2.